The lowest BCUT2D eigenvalue weighted by Gasteiger charge is -2.19. The summed E-state index contributed by atoms with van der Waals surface area (Å²) in [4.78, 5) is 14.3. The van der Waals surface area contributed by atoms with E-state index in [1.807, 2.05) is 55.3 Å². The van der Waals surface area contributed by atoms with Crippen molar-refractivity contribution in [3.63, 3.8) is 0 Å². The topological polar surface area (TPSA) is 41.6 Å². The van der Waals surface area contributed by atoms with Gasteiger partial charge in [-0.2, -0.15) is 0 Å². The lowest BCUT2D eigenvalue weighted by atomic mass is 10.0. The van der Waals surface area contributed by atoms with Crippen LogP contribution >= 0.6 is 0 Å². The molecule has 2 rings (SSSR count). The van der Waals surface area contributed by atoms with E-state index in [2.05, 4.69) is 24.4 Å². The molecule has 1 unspecified atom stereocenters. The van der Waals surface area contributed by atoms with E-state index in [0.29, 0.717) is 6.54 Å². The van der Waals surface area contributed by atoms with Crippen molar-refractivity contribution in [1.82, 2.24) is 10.2 Å². The molecule has 134 valence electrons. The Hall–Kier alpha value is -2.33. The number of ether oxygens (including phenoxy) is 1. The first-order valence-electron chi connectivity index (χ1n) is 8.63. The zero-order chi connectivity index (χ0) is 18.2. The average molecular weight is 340 g/mol. The molecule has 0 radical (unpaired) electrons. The molecule has 0 aliphatic carbocycles. The summed E-state index contributed by atoms with van der Waals surface area (Å²) in [5.41, 5.74) is 3.70. The molecule has 0 fully saturated rings. The second-order valence-corrected chi connectivity index (χ2v) is 6.62. The van der Waals surface area contributed by atoms with Gasteiger partial charge in [-0.25, -0.2) is 0 Å². The predicted molar refractivity (Wildman–Crippen MR) is 102 cm³/mol. The molecule has 0 aromatic heterocycles. The van der Waals surface area contributed by atoms with Crippen LogP contribution in [0.15, 0.2) is 48.5 Å². The van der Waals surface area contributed by atoms with E-state index < -0.39 is 0 Å². The van der Waals surface area contributed by atoms with Gasteiger partial charge in [-0.3, -0.25) is 9.69 Å². The average Bonchev–Trinajstić information content (AvgIpc) is 2.57. The Morgan fingerprint density at radius 1 is 1.16 bits per heavy atom. The van der Waals surface area contributed by atoms with Gasteiger partial charge in [0.1, 0.15) is 5.75 Å². The Balaban J connectivity index is 1.79. The Morgan fingerprint density at radius 3 is 2.48 bits per heavy atom. The van der Waals surface area contributed by atoms with Crippen molar-refractivity contribution in [1.29, 1.82) is 0 Å². The Labute approximate surface area is 150 Å². The van der Waals surface area contributed by atoms with Crippen LogP contribution in [-0.4, -0.2) is 37.6 Å². The largest absolute Gasteiger partial charge is 0.497 e. The maximum atomic E-state index is 12.3. The molecule has 0 bridgehead atoms. The zero-order valence-corrected chi connectivity index (χ0v) is 15.6. The number of nitrogens with zero attached hydrogens (tertiary/aromatic N) is 1. The Bertz CT molecular complexity index is 683. The van der Waals surface area contributed by atoms with Crippen molar-refractivity contribution < 1.29 is 9.53 Å². The monoisotopic (exact) mass is 340 g/mol. The summed E-state index contributed by atoms with van der Waals surface area (Å²) >= 11 is 0. The number of carbonyl (C=O) groups is 1. The quantitative estimate of drug-likeness (QED) is 0.802. The molecule has 0 spiro atoms. The van der Waals surface area contributed by atoms with Gasteiger partial charge < -0.3 is 10.1 Å². The number of aryl methyl sites for hydroxylation is 1. The normalized spacial score (nSPS) is 12.0. The number of hydrogen-bond donors (Lipinski definition) is 1. The highest BCUT2D eigenvalue weighted by atomic mass is 16.5. The summed E-state index contributed by atoms with van der Waals surface area (Å²) in [5.74, 6) is 0.895. The molecule has 1 N–H and O–H groups in total. The molecular weight excluding hydrogens is 312 g/mol. The van der Waals surface area contributed by atoms with Crippen LogP contribution < -0.4 is 10.1 Å². The molecule has 4 heteroatoms. The second kappa shape index (κ2) is 9.23. The number of amides is 1. The van der Waals surface area contributed by atoms with Crippen LogP contribution in [0.5, 0.6) is 5.75 Å². The standard InChI is InChI=1S/C21H28N2O2/c1-16-7-5-6-8-19(16)13-17(2)22-21(24)15-23(3)14-18-9-11-20(25-4)12-10-18/h5-12,17H,13-15H2,1-4H3,(H,22,24). The summed E-state index contributed by atoms with van der Waals surface area (Å²) in [6, 6.07) is 16.3. The molecule has 1 amide bonds. The number of carbonyl (C=O) groups excluding carboxylic acids is 1. The molecule has 4 nitrogen and oxygen atoms in total. The van der Waals surface area contributed by atoms with Crippen LogP contribution in [0.1, 0.15) is 23.6 Å². The molecule has 0 saturated carbocycles. The molecule has 0 aliphatic rings. The summed E-state index contributed by atoms with van der Waals surface area (Å²) < 4.78 is 5.16. The van der Waals surface area contributed by atoms with Gasteiger partial charge in [0.05, 0.1) is 13.7 Å². The van der Waals surface area contributed by atoms with Gasteiger partial charge in [-0.1, -0.05) is 36.4 Å². The molecule has 1 atom stereocenters. The summed E-state index contributed by atoms with van der Waals surface area (Å²) in [5, 5.41) is 3.09. The number of methoxy groups -OCH3 is 1. The third-order valence-corrected chi connectivity index (χ3v) is 4.22. The fourth-order valence-corrected chi connectivity index (χ4v) is 2.88. The van der Waals surface area contributed by atoms with E-state index in [9.17, 15) is 4.79 Å². The van der Waals surface area contributed by atoms with E-state index >= 15 is 0 Å². The van der Waals surface area contributed by atoms with Crippen LogP contribution in [0.4, 0.5) is 0 Å². The van der Waals surface area contributed by atoms with Gasteiger partial charge in [-0.05, 0) is 56.1 Å². The predicted octanol–water partition coefficient (Wildman–Crippen LogP) is 3.18. The van der Waals surface area contributed by atoms with E-state index in [4.69, 9.17) is 4.74 Å². The highest BCUT2D eigenvalue weighted by Gasteiger charge is 2.12. The minimum atomic E-state index is 0.0529. The fraction of sp³-hybridized carbons (Fsp3) is 0.381. The van der Waals surface area contributed by atoms with E-state index in [1.165, 1.54) is 11.1 Å². The second-order valence-electron chi connectivity index (χ2n) is 6.62. The Morgan fingerprint density at radius 2 is 1.84 bits per heavy atom. The molecule has 25 heavy (non-hydrogen) atoms. The van der Waals surface area contributed by atoms with Crippen molar-refractivity contribution >= 4 is 5.91 Å². The van der Waals surface area contributed by atoms with E-state index in [0.717, 1.165) is 24.3 Å². The van der Waals surface area contributed by atoms with Crippen LogP contribution in [0.2, 0.25) is 0 Å². The number of benzene rings is 2. The molecule has 2 aromatic rings. The van der Waals surface area contributed by atoms with E-state index in [-0.39, 0.29) is 11.9 Å². The SMILES string of the molecule is COc1ccc(CN(C)CC(=O)NC(C)Cc2ccccc2C)cc1. The van der Waals surface area contributed by atoms with Gasteiger partial charge in [-0.15, -0.1) is 0 Å². The molecule has 0 saturated heterocycles. The van der Waals surface area contributed by atoms with Gasteiger partial charge in [0.25, 0.3) is 0 Å². The van der Waals surface area contributed by atoms with Crippen molar-refractivity contribution in [3.05, 3.63) is 65.2 Å². The summed E-state index contributed by atoms with van der Waals surface area (Å²) in [6.45, 7) is 5.26. The Kier molecular flexibility index (Phi) is 7.02. The van der Waals surface area contributed by atoms with Gasteiger partial charge in [0.2, 0.25) is 5.91 Å². The number of nitrogens with one attached hydrogen (secondary N) is 1. The molecule has 0 heterocycles. The first-order chi connectivity index (χ1) is 12.0. The third kappa shape index (κ3) is 6.24. The van der Waals surface area contributed by atoms with Crippen LogP contribution in [0, 0.1) is 6.92 Å². The lowest BCUT2D eigenvalue weighted by molar-refractivity contribution is -0.122. The highest BCUT2D eigenvalue weighted by molar-refractivity contribution is 5.78. The molecular formula is C21H28N2O2. The minimum absolute atomic E-state index is 0.0529. The van der Waals surface area contributed by atoms with Crippen molar-refractivity contribution in [2.24, 2.45) is 0 Å². The first kappa shape index (κ1) is 19.0. The van der Waals surface area contributed by atoms with Crippen LogP contribution in [-0.2, 0) is 17.8 Å². The van der Waals surface area contributed by atoms with Crippen molar-refractivity contribution in [2.75, 3.05) is 20.7 Å². The number of hydrogen-bond acceptors (Lipinski definition) is 3. The number of rotatable bonds is 8. The highest BCUT2D eigenvalue weighted by Crippen LogP contribution is 2.12. The first-order valence-corrected chi connectivity index (χ1v) is 8.63. The van der Waals surface area contributed by atoms with Gasteiger partial charge in [0, 0.05) is 12.6 Å². The molecule has 2 aromatic carbocycles. The zero-order valence-electron chi connectivity index (χ0n) is 15.6. The maximum absolute atomic E-state index is 12.3. The van der Waals surface area contributed by atoms with Crippen molar-refractivity contribution in [2.45, 2.75) is 32.9 Å². The third-order valence-electron chi connectivity index (χ3n) is 4.22. The number of likely N-dealkylation sites (N-methyl/N-ethyl adjacent to an activating group) is 1. The van der Waals surface area contributed by atoms with Crippen LogP contribution in [0.25, 0.3) is 0 Å². The summed E-state index contributed by atoms with van der Waals surface area (Å²) in [7, 11) is 3.61. The van der Waals surface area contributed by atoms with Crippen LogP contribution in [0.3, 0.4) is 0 Å². The van der Waals surface area contributed by atoms with E-state index in [1.54, 1.807) is 7.11 Å². The smallest absolute Gasteiger partial charge is 0.234 e. The fourth-order valence-electron chi connectivity index (χ4n) is 2.88. The lowest BCUT2D eigenvalue weighted by Crippen LogP contribution is -2.40. The van der Waals surface area contributed by atoms with Gasteiger partial charge >= 0.3 is 0 Å². The molecule has 0 aliphatic heterocycles. The summed E-state index contributed by atoms with van der Waals surface area (Å²) in [6.07, 6.45) is 0.848. The maximum Gasteiger partial charge on any atom is 0.234 e. The van der Waals surface area contributed by atoms with Crippen molar-refractivity contribution in [3.8, 4) is 5.75 Å². The minimum Gasteiger partial charge on any atom is -0.497 e. The van der Waals surface area contributed by atoms with Gasteiger partial charge in [0.15, 0.2) is 0 Å².